The van der Waals surface area contributed by atoms with E-state index in [1.807, 2.05) is 31.2 Å². The minimum absolute atomic E-state index is 0.238. The standard InChI is InChI=1S/C20H28N2O4/c1-6-16-17(19(23)26-13(4)5)18(22-20(24)21-16)14-7-9-15(10-8-14)25-11-12(2)3/h7-10,12-13,18H,6,11H2,1-5H3,(H2,21,22,24). The molecule has 1 atom stereocenters. The van der Waals surface area contributed by atoms with Crippen molar-refractivity contribution in [1.29, 1.82) is 0 Å². The van der Waals surface area contributed by atoms with Gasteiger partial charge in [0.2, 0.25) is 0 Å². The van der Waals surface area contributed by atoms with Crippen molar-refractivity contribution in [1.82, 2.24) is 10.6 Å². The highest BCUT2D eigenvalue weighted by Crippen LogP contribution is 2.30. The molecule has 0 aliphatic carbocycles. The SMILES string of the molecule is CCC1=C(C(=O)OC(C)C)C(c2ccc(OCC(C)C)cc2)NC(=O)N1. The Hall–Kier alpha value is -2.50. The molecule has 6 nitrogen and oxygen atoms in total. The molecule has 1 aromatic carbocycles. The number of hydrogen-bond acceptors (Lipinski definition) is 4. The van der Waals surface area contributed by atoms with Gasteiger partial charge < -0.3 is 20.1 Å². The van der Waals surface area contributed by atoms with Gasteiger partial charge in [-0.15, -0.1) is 0 Å². The summed E-state index contributed by atoms with van der Waals surface area (Å²) in [7, 11) is 0. The number of urea groups is 1. The van der Waals surface area contributed by atoms with Crippen LogP contribution in [0.5, 0.6) is 5.75 Å². The monoisotopic (exact) mass is 360 g/mol. The average Bonchev–Trinajstić information content (AvgIpc) is 2.58. The third-order valence-corrected chi connectivity index (χ3v) is 3.87. The first kappa shape index (κ1) is 19.8. The molecule has 1 aromatic rings. The van der Waals surface area contributed by atoms with Gasteiger partial charge in [-0.1, -0.05) is 32.9 Å². The first-order valence-corrected chi connectivity index (χ1v) is 9.06. The second kappa shape index (κ2) is 8.74. The van der Waals surface area contributed by atoms with Crippen molar-refractivity contribution in [2.75, 3.05) is 6.61 Å². The fourth-order valence-electron chi connectivity index (χ4n) is 2.68. The molecule has 2 N–H and O–H groups in total. The van der Waals surface area contributed by atoms with Gasteiger partial charge in [-0.25, -0.2) is 9.59 Å². The van der Waals surface area contributed by atoms with Gasteiger partial charge >= 0.3 is 12.0 Å². The molecule has 0 aromatic heterocycles. The van der Waals surface area contributed by atoms with E-state index in [1.54, 1.807) is 13.8 Å². The summed E-state index contributed by atoms with van der Waals surface area (Å²) in [6.07, 6.45) is 0.292. The predicted octanol–water partition coefficient (Wildman–Crippen LogP) is 3.69. The van der Waals surface area contributed by atoms with Crippen molar-refractivity contribution in [3.63, 3.8) is 0 Å². The first-order chi connectivity index (χ1) is 12.3. The minimum atomic E-state index is -0.552. The molecule has 1 aliphatic heterocycles. The second-order valence-corrected chi connectivity index (χ2v) is 7.01. The van der Waals surface area contributed by atoms with E-state index in [0.717, 1.165) is 11.3 Å². The van der Waals surface area contributed by atoms with Gasteiger partial charge in [0.05, 0.1) is 24.3 Å². The first-order valence-electron chi connectivity index (χ1n) is 9.06. The van der Waals surface area contributed by atoms with Gasteiger partial charge in [-0.05, 0) is 43.9 Å². The van der Waals surface area contributed by atoms with Gasteiger partial charge in [-0.2, -0.15) is 0 Å². The van der Waals surface area contributed by atoms with E-state index in [4.69, 9.17) is 9.47 Å². The molecule has 6 heteroatoms. The van der Waals surface area contributed by atoms with Crippen LogP contribution in [0.15, 0.2) is 35.5 Å². The van der Waals surface area contributed by atoms with Crippen molar-refractivity contribution >= 4 is 12.0 Å². The lowest BCUT2D eigenvalue weighted by Crippen LogP contribution is -2.46. The van der Waals surface area contributed by atoms with Crippen LogP contribution in [0.25, 0.3) is 0 Å². The molecule has 0 spiro atoms. The number of benzene rings is 1. The molecular weight excluding hydrogens is 332 g/mol. The summed E-state index contributed by atoms with van der Waals surface area (Å²) in [4.78, 5) is 24.6. The topological polar surface area (TPSA) is 76.7 Å². The van der Waals surface area contributed by atoms with Crippen LogP contribution in [0, 0.1) is 5.92 Å². The average molecular weight is 360 g/mol. The number of nitrogens with one attached hydrogen (secondary N) is 2. The molecule has 142 valence electrons. The van der Waals surface area contributed by atoms with Crippen molar-refractivity contribution in [3.8, 4) is 5.75 Å². The highest BCUT2D eigenvalue weighted by Gasteiger charge is 2.33. The summed E-state index contributed by atoms with van der Waals surface area (Å²) in [5.41, 5.74) is 1.83. The maximum Gasteiger partial charge on any atom is 0.338 e. The van der Waals surface area contributed by atoms with Crippen LogP contribution in [0.3, 0.4) is 0 Å². The number of hydrogen-bond donors (Lipinski definition) is 2. The van der Waals surface area contributed by atoms with Crippen LogP contribution in [-0.2, 0) is 9.53 Å². The Balaban J connectivity index is 2.31. The number of rotatable bonds is 7. The number of carbonyl (C=O) groups is 2. The van der Waals surface area contributed by atoms with E-state index in [-0.39, 0.29) is 12.1 Å². The second-order valence-electron chi connectivity index (χ2n) is 7.01. The van der Waals surface area contributed by atoms with Crippen molar-refractivity contribution in [3.05, 3.63) is 41.1 Å². The van der Waals surface area contributed by atoms with Gasteiger partial charge in [0.1, 0.15) is 5.75 Å². The highest BCUT2D eigenvalue weighted by atomic mass is 16.5. The summed E-state index contributed by atoms with van der Waals surface area (Å²) in [6.45, 7) is 10.3. The summed E-state index contributed by atoms with van der Waals surface area (Å²) in [5.74, 6) is 0.772. The molecule has 0 radical (unpaired) electrons. The predicted molar refractivity (Wildman–Crippen MR) is 99.7 cm³/mol. The van der Waals surface area contributed by atoms with Crippen molar-refractivity contribution < 1.29 is 19.1 Å². The Morgan fingerprint density at radius 3 is 2.35 bits per heavy atom. The van der Waals surface area contributed by atoms with Gasteiger partial charge in [0.25, 0.3) is 0 Å². The lowest BCUT2D eigenvalue weighted by atomic mass is 9.94. The molecule has 1 aliphatic rings. The molecule has 26 heavy (non-hydrogen) atoms. The third-order valence-electron chi connectivity index (χ3n) is 3.87. The summed E-state index contributed by atoms with van der Waals surface area (Å²) in [5, 5.41) is 5.54. The van der Waals surface area contributed by atoms with E-state index in [2.05, 4.69) is 24.5 Å². The molecule has 1 heterocycles. The van der Waals surface area contributed by atoms with E-state index in [0.29, 0.717) is 30.2 Å². The van der Waals surface area contributed by atoms with Crippen LogP contribution < -0.4 is 15.4 Å². The summed E-state index contributed by atoms with van der Waals surface area (Å²) in [6, 6.07) is 6.55. The fourth-order valence-corrected chi connectivity index (χ4v) is 2.68. The zero-order valence-corrected chi connectivity index (χ0v) is 16.1. The fraction of sp³-hybridized carbons (Fsp3) is 0.500. The zero-order chi connectivity index (χ0) is 19.3. The number of allylic oxidation sites excluding steroid dienone is 1. The zero-order valence-electron chi connectivity index (χ0n) is 16.1. The van der Waals surface area contributed by atoms with Crippen LogP contribution in [0.4, 0.5) is 4.79 Å². The van der Waals surface area contributed by atoms with E-state index >= 15 is 0 Å². The Labute approximate surface area is 154 Å². The normalized spacial score (nSPS) is 17.2. The van der Waals surface area contributed by atoms with E-state index in [1.165, 1.54) is 0 Å². The number of ether oxygens (including phenoxy) is 2. The number of carbonyl (C=O) groups excluding carboxylic acids is 2. The van der Waals surface area contributed by atoms with Crippen molar-refractivity contribution in [2.45, 2.75) is 53.2 Å². The molecule has 0 saturated heterocycles. The molecule has 1 unspecified atom stereocenters. The lowest BCUT2D eigenvalue weighted by molar-refractivity contribution is -0.143. The van der Waals surface area contributed by atoms with Crippen LogP contribution >= 0.6 is 0 Å². The summed E-state index contributed by atoms with van der Waals surface area (Å²) >= 11 is 0. The molecule has 0 fully saturated rings. The Bertz CT molecular complexity index is 678. The largest absolute Gasteiger partial charge is 0.493 e. The lowest BCUT2D eigenvalue weighted by Gasteiger charge is -2.29. The smallest absolute Gasteiger partial charge is 0.338 e. The van der Waals surface area contributed by atoms with Gasteiger partial charge in [-0.3, -0.25) is 0 Å². The summed E-state index contributed by atoms with van der Waals surface area (Å²) < 4.78 is 11.1. The molecule has 0 saturated carbocycles. The molecule has 2 amide bonds. The maximum absolute atomic E-state index is 12.6. The highest BCUT2D eigenvalue weighted by molar-refractivity contribution is 5.95. The molecule has 0 bridgehead atoms. The van der Waals surface area contributed by atoms with Crippen LogP contribution in [-0.4, -0.2) is 24.7 Å². The van der Waals surface area contributed by atoms with Gasteiger partial charge in [0, 0.05) is 5.70 Å². The van der Waals surface area contributed by atoms with E-state index < -0.39 is 12.0 Å². The van der Waals surface area contributed by atoms with Gasteiger partial charge in [0.15, 0.2) is 0 Å². The quantitative estimate of drug-likeness (QED) is 0.727. The Morgan fingerprint density at radius 2 is 1.81 bits per heavy atom. The molecular formula is C20H28N2O4. The Morgan fingerprint density at radius 1 is 1.15 bits per heavy atom. The number of esters is 1. The van der Waals surface area contributed by atoms with Crippen LogP contribution in [0.1, 0.15) is 52.6 Å². The third kappa shape index (κ3) is 5.00. The van der Waals surface area contributed by atoms with Crippen LogP contribution in [0.2, 0.25) is 0 Å². The number of amides is 2. The van der Waals surface area contributed by atoms with Crippen molar-refractivity contribution in [2.24, 2.45) is 5.92 Å². The minimum Gasteiger partial charge on any atom is -0.493 e. The van der Waals surface area contributed by atoms with E-state index in [9.17, 15) is 9.59 Å². The molecule has 2 rings (SSSR count). The Kier molecular flexibility index (Phi) is 6.66. The maximum atomic E-state index is 12.6.